The van der Waals surface area contributed by atoms with E-state index in [0.717, 1.165) is 4.47 Å². The van der Waals surface area contributed by atoms with E-state index in [-0.39, 0.29) is 35.1 Å². The molecule has 4 heteroatoms. The van der Waals surface area contributed by atoms with Crippen molar-refractivity contribution in [2.45, 2.75) is 0 Å². The summed E-state index contributed by atoms with van der Waals surface area (Å²) < 4.78 is 0.925. The van der Waals surface area contributed by atoms with Gasteiger partial charge in [-0.3, -0.25) is 0 Å². The Bertz CT molecular complexity index is 340. The molecule has 0 saturated carbocycles. The number of nitriles is 1. The maximum absolute atomic E-state index is 10.4. The molecule has 0 radical (unpaired) electrons. The quantitative estimate of drug-likeness (QED) is 0.350. The van der Waals surface area contributed by atoms with Crippen LogP contribution < -0.4 is 34.7 Å². The summed E-state index contributed by atoms with van der Waals surface area (Å²) in [5.41, 5.74) is 0.804. The summed E-state index contributed by atoms with van der Waals surface area (Å²) in [4.78, 5) is 0. The van der Waals surface area contributed by atoms with Crippen molar-refractivity contribution < 1.29 is 34.7 Å². The molecule has 2 nitrogen and oxygen atoms in total. The van der Waals surface area contributed by atoms with Gasteiger partial charge in [0, 0.05) is 10.0 Å². The average molecular weight is 246 g/mol. The molecule has 0 heterocycles. The molecular weight excluding hydrogens is 241 g/mol. The van der Waals surface area contributed by atoms with Crippen LogP contribution in [0.1, 0.15) is 5.56 Å². The van der Waals surface area contributed by atoms with Crippen LogP contribution in [0.3, 0.4) is 0 Å². The predicted octanol–water partition coefficient (Wildman–Crippen LogP) is -1.32. The van der Waals surface area contributed by atoms with E-state index in [1.807, 2.05) is 6.07 Å². The summed E-state index contributed by atoms with van der Waals surface area (Å²) in [5.74, 6) is 0. The molecule has 0 unspecified atom stereocenters. The molecular formula is C9H5BrNNaO. The molecule has 0 spiro atoms. The fourth-order valence-electron chi connectivity index (χ4n) is 0.788. The van der Waals surface area contributed by atoms with E-state index in [1.165, 1.54) is 0 Å². The second-order valence-electron chi connectivity index (χ2n) is 2.15. The number of hydrogen-bond acceptors (Lipinski definition) is 2. The number of benzene rings is 1. The topological polar surface area (TPSA) is 46.8 Å². The van der Waals surface area contributed by atoms with E-state index in [0.29, 0.717) is 11.8 Å². The third kappa shape index (κ3) is 3.53. The van der Waals surface area contributed by atoms with Gasteiger partial charge in [0.2, 0.25) is 0 Å². The Labute approximate surface area is 107 Å². The maximum Gasteiger partial charge on any atom is 1.00 e. The monoisotopic (exact) mass is 245 g/mol. The fourth-order valence-corrected chi connectivity index (χ4v) is 1.05. The van der Waals surface area contributed by atoms with Crippen molar-refractivity contribution in [1.29, 1.82) is 5.26 Å². The number of hydrogen-bond donors (Lipinski definition) is 0. The molecule has 0 amide bonds. The first kappa shape index (κ1) is 12.7. The van der Waals surface area contributed by atoms with Crippen molar-refractivity contribution in [3.8, 4) is 6.07 Å². The predicted molar refractivity (Wildman–Crippen MR) is 47.7 cm³/mol. The first-order chi connectivity index (χ1) is 5.77. The Kier molecular flexibility index (Phi) is 6.10. The van der Waals surface area contributed by atoms with Crippen LogP contribution in [-0.4, -0.2) is 0 Å². The summed E-state index contributed by atoms with van der Waals surface area (Å²) >= 11 is 3.26. The summed E-state index contributed by atoms with van der Waals surface area (Å²) in [5, 5.41) is 18.9. The Morgan fingerprint density at radius 1 is 1.38 bits per heavy atom. The van der Waals surface area contributed by atoms with E-state index >= 15 is 0 Å². The average Bonchev–Trinajstić information content (AvgIpc) is 2.10. The summed E-state index contributed by atoms with van der Waals surface area (Å²) in [6.07, 6.45) is 0.559. The van der Waals surface area contributed by atoms with Gasteiger partial charge >= 0.3 is 29.6 Å². The van der Waals surface area contributed by atoms with Gasteiger partial charge in [-0.15, -0.1) is 6.26 Å². The van der Waals surface area contributed by atoms with Crippen LogP contribution in [0.25, 0.3) is 5.57 Å². The van der Waals surface area contributed by atoms with Crippen LogP contribution in [0.5, 0.6) is 0 Å². The molecule has 60 valence electrons. The Balaban J connectivity index is 0.00000144. The Morgan fingerprint density at radius 3 is 2.31 bits per heavy atom. The zero-order valence-electron chi connectivity index (χ0n) is 7.12. The van der Waals surface area contributed by atoms with Gasteiger partial charge in [-0.05, 0) is 17.7 Å². The summed E-state index contributed by atoms with van der Waals surface area (Å²) in [6.45, 7) is 0. The smallest absolute Gasteiger partial charge is 0.877 e. The number of allylic oxidation sites excluding steroid dienone is 1. The van der Waals surface area contributed by atoms with Crippen molar-refractivity contribution in [2.75, 3.05) is 0 Å². The molecule has 0 aromatic heterocycles. The molecule has 0 fully saturated rings. The van der Waals surface area contributed by atoms with E-state index < -0.39 is 0 Å². The van der Waals surface area contributed by atoms with Crippen LogP contribution in [0, 0.1) is 11.3 Å². The van der Waals surface area contributed by atoms with Gasteiger partial charge < -0.3 is 5.11 Å². The van der Waals surface area contributed by atoms with E-state index in [9.17, 15) is 5.11 Å². The van der Waals surface area contributed by atoms with Crippen LogP contribution in [0.2, 0.25) is 0 Å². The van der Waals surface area contributed by atoms with Gasteiger partial charge in [0.1, 0.15) is 0 Å². The second kappa shape index (κ2) is 6.22. The Hall–Kier alpha value is -0.270. The molecule has 13 heavy (non-hydrogen) atoms. The van der Waals surface area contributed by atoms with Crippen molar-refractivity contribution in [2.24, 2.45) is 0 Å². The molecule has 0 atom stereocenters. The molecule has 1 aromatic carbocycles. The molecule has 0 aliphatic heterocycles. The molecule has 0 saturated heterocycles. The van der Waals surface area contributed by atoms with Crippen LogP contribution >= 0.6 is 15.9 Å². The third-order valence-electron chi connectivity index (χ3n) is 1.39. The number of halogens is 1. The van der Waals surface area contributed by atoms with Crippen molar-refractivity contribution in [3.63, 3.8) is 0 Å². The maximum atomic E-state index is 10.4. The standard InChI is InChI=1S/C9H6BrNO.Na/c10-9-3-1-7(2-4-9)8(5-11)6-12;/h1-4,6,12H;/q;+1/p-1/b8-6+;. The molecule has 0 aliphatic carbocycles. The van der Waals surface area contributed by atoms with Gasteiger partial charge in [-0.2, -0.15) is 5.26 Å². The normalized spacial score (nSPS) is 10.0. The SMILES string of the molecule is N#C/C(=C\[O-])c1ccc(Br)cc1.[Na+]. The van der Waals surface area contributed by atoms with E-state index in [1.54, 1.807) is 24.3 Å². The van der Waals surface area contributed by atoms with Crippen LogP contribution in [0.4, 0.5) is 0 Å². The second-order valence-corrected chi connectivity index (χ2v) is 3.07. The molecule has 1 rings (SSSR count). The zero-order chi connectivity index (χ0) is 8.97. The minimum Gasteiger partial charge on any atom is -0.877 e. The first-order valence-electron chi connectivity index (χ1n) is 3.26. The van der Waals surface area contributed by atoms with Gasteiger partial charge in [0.15, 0.2) is 0 Å². The molecule has 1 aromatic rings. The molecule has 0 aliphatic rings. The van der Waals surface area contributed by atoms with Crippen molar-refractivity contribution >= 4 is 21.5 Å². The summed E-state index contributed by atoms with van der Waals surface area (Å²) in [7, 11) is 0. The zero-order valence-corrected chi connectivity index (χ0v) is 10.7. The van der Waals surface area contributed by atoms with Gasteiger partial charge in [-0.1, -0.05) is 28.1 Å². The van der Waals surface area contributed by atoms with Crippen molar-refractivity contribution in [3.05, 3.63) is 40.6 Å². The molecule has 0 bridgehead atoms. The molecule has 0 N–H and O–H groups in total. The van der Waals surface area contributed by atoms with Gasteiger partial charge in [0.05, 0.1) is 6.07 Å². The van der Waals surface area contributed by atoms with E-state index in [2.05, 4.69) is 15.9 Å². The van der Waals surface area contributed by atoms with Crippen molar-refractivity contribution in [1.82, 2.24) is 0 Å². The largest absolute Gasteiger partial charge is 1.00 e. The number of rotatable bonds is 1. The minimum atomic E-state index is 0. The summed E-state index contributed by atoms with van der Waals surface area (Å²) in [6, 6.07) is 8.84. The van der Waals surface area contributed by atoms with Crippen LogP contribution in [0.15, 0.2) is 35.0 Å². The Morgan fingerprint density at radius 2 is 1.92 bits per heavy atom. The van der Waals surface area contributed by atoms with Gasteiger partial charge in [0.25, 0.3) is 0 Å². The third-order valence-corrected chi connectivity index (χ3v) is 1.92. The fraction of sp³-hybridized carbons (Fsp3) is 0. The number of nitrogens with zero attached hydrogens (tertiary/aromatic N) is 1. The van der Waals surface area contributed by atoms with Gasteiger partial charge in [-0.25, -0.2) is 0 Å². The first-order valence-corrected chi connectivity index (χ1v) is 4.05. The van der Waals surface area contributed by atoms with Crippen LogP contribution in [-0.2, 0) is 0 Å². The minimum absolute atomic E-state index is 0. The van der Waals surface area contributed by atoms with E-state index in [4.69, 9.17) is 5.26 Å².